The van der Waals surface area contributed by atoms with E-state index in [4.69, 9.17) is 10.5 Å². The Morgan fingerprint density at radius 3 is 2.60 bits per heavy atom. The van der Waals surface area contributed by atoms with E-state index < -0.39 is 11.5 Å². The van der Waals surface area contributed by atoms with Gasteiger partial charge in [-0.2, -0.15) is 0 Å². The summed E-state index contributed by atoms with van der Waals surface area (Å²) in [4.78, 5) is 27.2. The van der Waals surface area contributed by atoms with E-state index in [1.54, 1.807) is 11.0 Å². The first kappa shape index (κ1) is 20.5. The van der Waals surface area contributed by atoms with E-state index in [1.807, 2.05) is 30.3 Å². The predicted molar refractivity (Wildman–Crippen MR) is 112 cm³/mol. The summed E-state index contributed by atoms with van der Waals surface area (Å²) >= 11 is 0. The lowest BCUT2D eigenvalue weighted by Crippen LogP contribution is -2.55. The van der Waals surface area contributed by atoms with Gasteiger partial charge in [0.05, 0.1) is 5.41 Å². The van der Waals surface area contributed by atoms with Gasteiger partial charge in [0.25, 0.3) is 5.91 Å². The molecular formula is C24H27FN2O3. The summed E-state index contributed by atoms with van der Waals surface area (Å²) in [5.41, 5.74) is 7.68. The minimum atomic E-state index is -0.812. The first-order valence-corrected chi connectivity index (χ1v) is 10.5. The highest BCUT2D eigenvalue weighted by Gasteiger charge is 2.43. The van der Waals surface area contributed by atoms with Gasteiger partial charge in [0, 0.05) is 19.7 Å². The van der Waals surface area contributed by atoms with Crippen LogP contribution in [0.3, 0.4) is 0 Å². The number of benzene rings is 2. The van der Waals surface area contributed by atoms with E-state index in [2.05, 4.69) is 0 Å². The van der Waals surface area contributed by atoms with E-state index in [0.717, 1.165) is 36.0 Å². The second kappa shape index (κ2) is 8.56. The highest BCUT2D eigenvalue weighted by Crippen LogP contribution is 2.35. The molecule has 0 radical (unpaired) electrons. The zero-order valence-electron chi connectivity index (χ0n) is 17.0. The van der Waals surface area contributed by atoms with Crippen LogP contribution in [0.2, 0.25) is 0 Å². The Labute approximate surface area is 176 Å². The van der Waals surface area contributed by atoms with Crippen molar-refractivity contribution in [1.82, 2.24) is 4.90 Å². The maximum Gasteiger partial charge on any atom is 0.251 e. The molecule has 0 saturated carbocycles. The number of carbonyl (C=O) groups is 2. The number of hydrogen-bond acceptors (Lipinski definition) is 3. The molecule has 0 bridgehead atoms. The van der Waals surface area contributed by atoms with Gasteiger partial charge in [-0.05, 0) is 60.9 Å². The van der Waals surface area contributed by atoms with Crippen LogP contribution in [-0.4, -0.2) is 42.5 Å². The smallest absolute Gasteiger partial charge is 0.251 e. The second-order valence-corrected chi connectivity index (χ2v) is 8.40. The van der Waals surface area contributed by atoms with Crippen LogP contribution in [-0.2, 0) is 20.7 Å². The molecule has 2 N–H and O–H groups in total. The van der Waals surface area contributed by atoms with Crippen LogP contribution in [0, 0.1) is 11.2 Å². The third-order valence-corrected chi connectivity index (χ3v) is 6.24. The molecule has 2 aliphatic rings. The monoisotopic (exact) mass is 410 g/mol. The highest BCUT2D eigenvalue weighted by atomic mass is 19.1. The van der Waals surface area contributed by atoms with E-state index in [0.29, 0.717) is 32.5 Å². The summed E-state index contributed by atoms with van der Waals surface area (Å²) in [6, 6.07) is 14.2. The van der Waals surface area contributed by atoms with Crippen molar-refractivity contribution in [3.8, 4) is 11.1 Å². The van der Waals surface area contributed by atoms with Crippen LogP contribution < -0.4 is 5.73 Å². The van der Waals surface area contributed by atoms with Crippen LogP contribution in [0.25, 0.3) is 11.1 Å². The Hall–Kier alpha value is -2.73. The largest absolute Gasteiger partial charge is 0.369 e. The summed E-state index contributed by atoms with van der Waals surface area (Å²) in [6.07, 6.45) is 3.03. The second-order valence-electron chi connectivity index (χ2n) is 8.40. The third kappa shape index (κ3) is 4.24. The van der Waals surface area contributed by atoms with Gasteiger partial charge in [-0.25, -0.2) is 4.39 Å². The molecule has 0 unspecified atom stereocenters. The number of primary amides is 1. The Morgan fingerprint density at radius 2 is 1.90 bits per heavy atom. The van der Waals surface area contributed by atoms with Crippen LogP contribution in [0.1, 0.15) is 31.2 Å². The van der Waals surface area contributed by atoms with Gasteiger partial charge >= 0.3 is 0 Å². The number of amides is 2. The van der Waals surface area contributed by atoms with E-state index in [-0.39, 0.29) is 17.6 Å². The SMILES string of the molecule is NC(=O)[C@@]1(Cc2cccc(-c3cccc(F)c3)c2)CCCN(C(=O)[C@@H]2CCCO2)C1. The molecule has 2 fully saturated rings. The van der Waals surface area contributed by atoms with Gasteiger partial charge < -0.3 is 15.4 Å². The number of piperidine rings is 1. The van der Waals surface area contributed by atoms with Crippen molar-refractivity contribution >= 4 is 11.8 Å². The van der Waals surface area contributed by atoms with E-state index >= 15 is 0 Å². The summed E-state index contributed by atoms with van der Waals surface area (Å²) < 4.78 is 19.2. The van der Waals surface area contributed by atoms with Gasteiger partial charge in [-0.1, -0.05) is 36.4 Å². The molecule has 2 amide bonds. The van der Waals surface area contributed by atoms with Crippen molar-refractivity contribution in [1.29, 1.82) is 0 Å². The minimum Gasteiger partial charge on any atom is -0.369 e. The Bertz CT molecular complexity index is 942. The number of rotatable bonds is 5. The lowest BCUT2D eigenvalue weighted by Gasteiger charge is -2.41. The van der Waals surface area contributed by atoms with Crippen molar-refractivity contribution < 1.29 is 18.7 Å². The zero-order chi connectivity index (χ0) is 21.1. The number of hydrogen-bond donors (Lipinski definition) is 1. The molecule has 2 saturated heterocycles. The molecule has 2 atom stereocenters. The van der Waals surface area contributed by atoms with Crippen LogP contribution in [0.5, 0.6) is 0 Å². The molecular weight excluding hydrogens is 383 g/mol. The summed E-state index contributed by atoms with van der Waals surface area (Å²) in [7, 11) is 0. The molecule has 0 aromatic heterocycles. The van der Waals surface area contributed by atoms with Gasteiger partial charge in [0.15, 0.2) is 0 Å². The minimum absolute atomic E-state index is 0.0358. The van der Waals surface area contributed by atoms with E-state index in [1.165, 1.54) is 12.1 Å². The number of nitrogens with two attached hydrogens (primary N) is 1. The topological polar surface area (TPSA) is 72.6 Å². The molecule has 0 aliphatic carbocycles. The van der Waals surface area contributed by atoms with Crippen LogP contribution >= 0.6 is 0 Å². The number of carbonyl (C=O) groups excluding carboxylic acids is 2. The lowest BCUT2D eigenvalue weighted by molar-refractivity contribution is -0.147. The van der Waals surface area contributed by atoms with Crippen LogP contribution in [0.15, 0.2) is 48.5 Å². The fourth-order valence-electron chi connectivity index (χ4n) is 4.65. The molecule has 2 heterocycles. The standard InChI is InChI=1S/C24H27FN2O3/c25-20-8-2-7-19(14-20)18-6-1-5-17(13-18)15-24(23(26)29)10-4-11-27(16-24)22(28)21-9-3-12-30-21/h1-2,5-8,13-14,21H,3-4,9-12,15-16H2,(H2,26,29)/t21-,24+/m0/s1. The van der Waals surface area contributed by atoms with Crippen molar-refractivity contribution in [2.75, 3.05) is 19.7 Å². The number of nitrogens with zero attached hydrogens (tertiary/aromatic N) is 1. The summed E-state index contributed by atoms with van der Waals surface area (Å²) in [5, 5.41) is 0. The molecule has 5 nitrogen and oxygen atoms in total. The predicted octanol–water partition coefficient (Wildman–Crippen LogP) is 3.31. The van der Waals surface area contributed by atoms with Gasteiger partial charge in [-0.3, -0.25) is 9.59 Å². The fourth-order valence-corrected chi connectivity index (χ4v) is 4.65. The number of likely N-dealkylation sites (tertiary alicyclic amines) is 1. The number of ether oxygens (including phenoxy) is 1. The average molecular weight is 410 g/mol. The van der Waals surface area contributed by atoms with Crippen molar-refractivity contribution in [2.45, 2.75) is 38.2 Å². The Morgan fingerprint density at radius 1 is 1.13 bits per heavy atom. The lowest BCUT2D eigenvalue weighted by atomic mass is 9.74. The molecule has 2 aromatic rings. The zero-order valence-corrected chi connectivity index (χ0v) is 17.0. The first-order chi connectivity index (χ1) is 14.5. The fraction of sp³-hybridized carbons (Fsp3) is 0.417. The maximum atomic E-state index is 13.6. The highest BCUT2D eigenvalue weighted by molar-refractivity contribution is 5.85. The average Bonchev–Trinajstić information content (AvgIpc) is 3.28. The van der Waals surface area contributed by atoms with Gasteiger partial charge in [0.2, 0.25) is 5.91 Å². The number of halogens is 1. The summed E-state index contributed by atoms with van der Waals surface area (Å²) in [6.45, 7) is 1.54. The maximum absolute atomic E-state index is 13.6. The molecule has 158 valence electrons. The Balaban J connectivity index is 1.56. The molecule has 2 aliphatic heterocycles. The first-order valence-electron chi connectivity index (χ1n) is 10.5. The Kier molecular flexibility index (Phi) is 5.86. The van der Waals surface area contributed by atoms with Crippen LogP contribution in [0.4, 0.5) is 4.39 Å². The van der Waals surface area contributed by atoms with Crippen molar-refractivity contribution in [3.05, 3.63) is 59.9 Å². The summed E-state index contributed by atoms with van der Waals surface area (Å²) in [5.74, 6) is -0.711. The molecule has 30 heavy (non-hydrogen) atoms. The molecule has 2 aromatic carbocycles. The van der Waals surface area contributed by atoms with Gasteiger partial charge in [-0.15, -0.1) is 0 Å². The van der Waals surface area contributed by atoms with Crippen molar-refractivity contribution in [2.24, 2.45) is 11.1 Å². The normalized spacial score (nSPS) is 24.0. The van der Waals surface area contributed by atoms with Gasteiger partial charge in [0.1, 0.15) is 11.9 Å². The van der Waals surface area contributed by atoms with E-state index in [9.17, 15) is 14.0 Å². The third-order valence-electron chi connectivity index (χ3n) is 6.24. The molecule has 0 spiro atoms. The molecule has 4 rings (SSSR count). The van der Waals surface area contributed by atoms with Crippen molar-refractivity contribution in [3.63, 3.8) is 0 Å². The molecule has 6 heteroatoms. The quantitative estimate of drug-likeness (QED) is 0.822.